The Morgan fingerprint density at radius 3 is 2.84 bits per heavy atom. The Labute approximate surface area is 121 Å². The maximum atomic E-state index is 12.2. The highest BCUT2D eigenvalue weighted by atomic mass is 32.2. The van der Waals surface area contributed by atoms with E-state index < -0.39 is 12.0 Å². The van der Waals surface area contributed by atoms with Crippen molar-refractivity contribution in [1.29, 1.82) is 0 Å². The molecule has 2 fully saturated rings. The first-order chi connectivity index (χ1) is 9.11. The number of aliphatic carboxylic acids is 1. The summed E-state index contributed by atoms with van der Waals surface area (Å²) in [6.45, 7) is 0.520. The van der Waals surface area contributed by atoms with Crippen LogP contribution in [-0.4, -0.2) is 63.6 Å². The Morgan fingerprint density at radius 1 is 1.42 bits per heavy atom. The third-order valence-corrected chi connectivity index (χ3v) is 5.84. The maximum absolute atomic E-state index is 12.2. The molecule has 3 atom stereocenters. The van der Waals surface area contributed by atoms with E-state index in [0.29, 0.717) is 17.5 Å². The predicted molar refractivity (Wildman–Crippen MR) is 78.9 cm³/mol. The SMILES string of the molecule is CSC1CCC(NC(=O)N2CCSCC2C(=O)O)C1. The van der Waals surface area contributed by atoms with Gasteiger partial charge in [-0.3, -0.25) is 0 Å². The van der Waals surface area contributed by atoms with Crippen molar-refractivity contribution >= 4 is 35.5 Å². The van der Waals surface area contributed by atoms with Crippen molar-refractivity contribution in [2.45, 2.75) is 36.6 Å². The summed E-state index contributed by atoms with van der Waals surface area (Å²) in [4.78, 5) is 24.8. The molecule has 108 valence electrons. The lowest BCUT2D eigenvalue weighted by atomic mass is 10.2. The third kappa shape index (κ3) is 3.72. The van der Waals surface area contributed by atoms with E-state index in [1.807, 2.05) is 11.8 Å². The van der Waals surface area contributed by atoms with E-state index in [9.17, 15) is 9.59 Å². The van der Waals surface area contributed by atoms with Gasteiger partial charge < -0.3 is 15.3 Å². The van der Waals surface area contributed by atoms with Gasteiger partial charge >= 0.3 is 12.0 Å². The summed E-state index contributed by atoms with van der Waals surface area (Å²) in [5, 5.41) is 12.8. The van der Waals surface area contributed by atoms with Gasteiger partial charge in [-0.1, -0.05) is 0 Å². The number of hydrogen-bond donors (Lipinski definition) is 2. The molecule has 2 rings (SSSR count). The Morgan fingerprint density at radius 2 is 2.21 bits per heavy atom. The lowest BCUT2D eigenvalue weighted by Gasteiger charge is -2.33. The molecule has 0 radical (unpaired) electrons. The fourth-order valence-corrected chi connectivity index (χ4v) is 4.43. The van der Waals surface area contributed by atoms with Gasteiger partial charge in [0.05, 0.1) is 0 Å². The largest absolute Gasteiger partial charge is 0.480 e. The number of rotatable bonds is 3. The number of carboxylic acid groups (broad SMARTS) is 1. The van der Waals surface area contributed by atoms with Gasteiger partial charge in [0.25, 0.3) is 0 Å². The van der Waals surface area contributed by atoms with E-state index in [-0.39, 0.29) is 12.1 Å². The molecule has 5 nitrogen and oxygen atoms in total. The van der Waals surface area contributed by atoms with Crippen LogP contribution in [0.25, 0.3) is 0 Å². The van der Waals surface area contributed by atoms with E-state index in [4.69, 9.17) is 5.11 Å². The van der Waals surface area contributed by atoms with Crippen LogP contribution in [0.3, 0.4) is 0 Å². The van der Waals surface area contributed by atoms with Crippen LogP contribution in [0.15, 0.2) is 0 Å². The molecule has 2 amide bonds. The number of thioether (sulfide) groups is 2. The van der Waals surface area contributed by atoms with Crippen LogP contribution in [-0.2, 0) is 4.79 Å². The van der Waals surface area contributed by atoms with Gasteiger partial charge in [-0.05, 0) is 25.5 Å². The molecule has 0 aromatic rings. The van der Waals surface area contributed by atoms with Gasteiger partial charge in [-0.25, -0.2) is 9.59 Å². The lowest BCUT2D eigenvalue weighted by Crippen LogP contribution is -2.55. The van der Waals surface area contributed by atoms with Gasteiger partial charge in [0, 0.05) is 29.3 Å². The average Bonchev–Trinajstić information content (AvgIpc) is 2.86. The van der Waals surface area contributed by atoms with Gasteiger partial charge in [0.1, 0.15) is 6.04 Å². The number of carbonyl (C=O) groups is 2. The molecule has 19 heavy (non-hydrogen) atoms. The van der Waals surface area contributed by atoms with Crippen molar-refractivity contribution in [1.82, 2.24) is 10.2 Å². The number of amides is 2. The normalized spacial score (nSPS) is 31.2. The van der Waals surface area contributed by atoms with Crippen molar-refractivity contribution in [3.05, 3.63) is 0 Å². The molecule has 1 saturated carbocycles. The molecule has 0 bridgehead atoms. The summed E-state index contributed by atoms with van der Waals surface area (Å²) in [6.07, 6.45) is 5.21. The van der Waals surface area contributed by atoms with Crippen LogP contribution >= 0.6 is 23.5 Å². The summed E-state index contributed by atoms with van der Waals surface area (Å²) in [7, 11) is 0. The zero-order valence-corrected chi connectivity index (χ0v) is 12.6. The number of carboxylic acids is 1. The lowest BCUT2D eigenvalue weighted by molar-refractivity contribution is -0.141. The van der Waals surface area contributed by atoms with Crippen molar-refractivity contribution in [2.75, 3.05) is 24.3 Å². The van der Waals surface area contributed by atoms with Crippen LogP contribution in [0.2, 0.25) is 0 Å². The fourth-order valence-electron chi connectivity index (χ4n) is 2.59. The molecule has 1 aliphatic carbocycles. The van der Waals surface area contributed by atoms with Crippen molar-refractivity contribution in [2.24, 2.45) is 0 Å². The van der Waals surface area contributed by atoms with Crippen LogP contribution < -0.4 is 5.32 Å². The quantitative estimate of drug-likeness (QED) is 0.826. The maximum Gasteiger partial charge on any atom is 0.327 e. The minimum Gasteiger partial charge on any atom is -0.480 e. The van der Waals surface area contributed by atoms with E-state index in [2.05, 4.69) is 11.6 Å². The van der Waals surface area contributed by atoms with Crippen molar-refractivity contribution < 1.29 is 14.7 Å². The minimum atomic E-state index is -0.907. The fraction of sp³-hybridized carbons (Fsp3) is 0.833. The van der Waals surface area contributed by atoms with Crippen molar-refractivity contribution in [3.8, 4) is 0 Å². The van der Waals surface area contributed by atoms with E-state index in [1.54, 1.807) is 11.8 Å². The van der Waals surface area contributed by atoms with Crippen LogP contribution in [0, 0.1) is 0 Å². The zero-order chi connectivity index (χ0) is 13.8. The van der Waals surface area contributed by atoms with E-state index >= 15 is 0 Å². The summed E-state index contributed by atoms with van der Waals surface area (Å²) in [5.41, 5.74) is 0. The van der Waals surface area contributed by atoms with Crippen molar-refractivity contribution in [3.63, 3.8) is 0 Å². The third-order valence-electron chi connectivity index (χ3n) is 3.72. The number of urea groups is 1. The Hall–Kier alpha value is -0.560. The molecule has 0 spiro atoms. The standard InChI is InChI=1S/C12H20N2O3S2/c1-18-9-3-2-8(6-9)13-12(17)14-4-5-19-7-10(14)11(15)16/h8-10H,2-7H2,1H3,(H,13,17)(H,15,16). The predicted octanol–water partition coefficient (Wildman–Crippen LogP) is 1.48. The molecule has 2 aliphatic rings. The number of carbonyl (C=O) groups excluding carboxylic acids is 1. The second-order valence-electron chi connectivity index (χ2n) is 4.94. The highest BCUT2D eigenvalue weighted by Crippen LogP contribution is 2.28. The van der Waals surface area contributed by atoms with Gasteiger partial charge in [-0.2, -0.15) is 23.5 Å². The first-order valence-electron chi connectivity index (χ1n) is 6.52. The van der Waals surface area contributed by atoms with Crippen LogP contribution in [0.1, 0.15) is 19.3 Å². The zero-order valence-electron chi connectivity index (χ0n) is 11.0. The smallest absolute Gasteiger partial charge is 0.327 e. The molecule has 1 aliphatic heterocycles. The first-order valence-corrected chi connectivity index (χ1v) is 8.96. The number of nitrogens with zero attached hydrogens (tertiary/aromatic N) is 1. The highest BCUT2D eigenvalue weighted by molar-refractivity contribution is 7.99. The molecule has 7 heteroatoms. The molecule has 1 heterocycles. The summed E-state index contributed by atoms with van der Waals surface area (Å²) >= 11 is 3.44. The second kappa shape index (κ2) is 6.74. The highest BCUT2D eigenvalue weighted by Gasteiger charge is 2.34. The minimum absolute atomic E-state index is 0.203. The number of hydrogen-bond acceptors (Lipinski definition) is 4. The van der Waals surface area contributed by atoms with Gasteiger partial charge in [-0.15, -0.1) is 0 Å². The molecule has 3 unspecified atom stereocenters. The topological polar surface area (TPSA) is 69.6 Å². The molecule has 1 saturated heterocycles. The van der Waals surface area contributed by atoms with Crippen LogP contribution in [0.4, 0.5) is 4.79 Å². The first kappa shape index (κ1) is 14.8. The summed E-state index contributed by atoms with van der Waals surface area (Å²) in [5.74, 6) is 0.395. The molecule has 0 aromatic heterocycles. The van der Waals surface area contributed by atoms with E-state index in [0.717, 1.165) is 25.0 Å². The average molecular weight is 304 g/mol. The summed E-state index contributed by atoms with van der Waals surface area (Å²) < 4.78 is 0. The Bertz CT molecular complexity index is 354. The molecule has 0 aromatic carbocycles. The summed E-state index contributed by atoms with van der Waals surface area (Å²) in [6, 6.07) is -0.690. The van der Waals surface area contributed by atoms with E-state index in [1.165, 1.54) is 4.90 Å². The molecular weight excluding hydrogens is 284 g/mol. The van der Waals surface area contributed by atoms with Crippen LogP contribution in [0.5, 0.6) is 0 Å². The monoisotopic (exact) mass is 304 g/mol. The Kier molecular flexibility index (Phi) is 5.27. The Balaban J connectivity index is 1.89. The second-order valence-corrected chi connectivity index (χ2v) is 7.23. The van der Waals surface area contributed by atoms with Gasteiger partial charge in [0.2, 0.25) is 0 Å². The molecular formula is C12H20N2O3S2. The number of nitrogens with one attached hydrogen (secondary N) is 1. The molecule has 2 N–H and O–H groups in total. The van der Waals surface area contributed by atoms with Gasteiger partial charge in [0.15, 0.2) is 0 Å².